The number of amides is 2. The van der Waals surface area contributed by atoms with Gasteiger partial charge in [-0.15, -0.1) is 11.3 Å². The molecule has 1 saturated heterocycles. The third-order valence-electron chi connectivity index (χ3n) is 9.46. The number of ether oxygens (including phenoxy) is 1. The van der Waals surface area contributed by atoms with Crippen LogP contribution >= 0.6 is 33.9 Å². The molecule has 3 aliphatic rings. The number of rotatable bonds is 13. The van der Waals surface area contributed by atoms with Crippen molar-refractivity contribution in [1.82, 2.24) is 15.2 Å². The van der Waals surface area contributed by atoms with Crippen molar-refractivity contribution in [1.29, 1.82) is 0 Å². The van der Waals surface area contributed by atoms with Crippen molar-refractivity contribution in [3.63, 3.8) is 0 Å². The van der Waals surface area contributed by atoms with E-state index in [1.54, 1.807) is 48.7 Å². The van der Waals surface area contributed by atoms with E-state index in [0.29, 0.717) is 23.5 Å². The van der Waals surface area contributed by atoms with Crippen LogP contribution in [0.15, 0.2) is 113 Å². The van der Waals surface area contributed by atoms with E-state index in [-0.39, 0.29) is 17.2 Å². The van der Waals surface area contributed by atoms with Crippen LogP contribution in [0.25, 0.3) is 0 Å². The first kappa shape index (κ1) is 39.5. The number of anilines is 1. The molecule has 0 radical (unpaired) electrons. The maximum absolute atomic E-state index is 14.2. The van der Waals surface area contributed by atoms with Gasteiger partial charge in [0.15, 0.2) is 16.9 Å². The highest BCUT2D eigenvalue weighted by Gasteiger charge is 2.59. The van der Waals surface area contributed by atoms with Crippen molar-refractivity contribution in [2.45, 2.75) is 65.7 Å². The van der Waals surface area contributed by atoms with E-state index in [9.17, 15) is 28.8 Å². The average molecular weight is 908 g/mol. The monoisotopic (exact) mass is 907 g/mol. The van der Waals surface area contributed by atoms with Crippen LogP contribution in [0.2, 0.25) is 0 Å². The number of fused-ring (bicyclic) bond motifs is 1. The summed E-state index contributed by atoms with van der Waals surface area (Å²) in [6, 6.07) is 28.5. The first-order valence-electron chi connectivity index (χ1n) is 17.7. The molecule has 7 rings (SSSR count). The molecule has 3 unspecified atom stereocenters. The van der Waals surface area contributed by atoms with Gasteiger partial charge < -0.3 is 29.9 Å². The summed E-state index contributed by atoms with van der Waals surface area (Å²) < 4.78 is 17.9. The van der Waals surface area contributed by atoms with Crippen LogP contribution in [0.5, 0.6) is 0 Å². The highest BCUT2D eigenvalue weighted by atomic mass is 127. The normalized spacial score (nSPS) is 20.8. The van der Waals surface area contributed by atoms with Gasteiger partial charge in [0, 0.05) is 30.0 Å². The van der Waals surface area contributed by atoms with Gasteiger partial charge in [0.2, 0.25) is 11.0 Å². The minimum atomic E-state index is -1.71. The van der Waals surface area contributed by atoms with Crippen molar-refractivity contribution < 1.29 is 38.4 Å². The molecule has 1 saturated carbocycles. The summed E-state index contributed by atoms with van der Waals surface area (Å²) in [5.41, 5.74) is -0.201. The van der Waals surface area contributed by atoms with Crippen LogP contribution in [0.4, 0.5) is 5.13 Å². The molecule has 2 fully saturated rings. The number of oxime groups is 1. The standard InChI is InChI=1S/C40H38IN5O8S2/c1-38(2,3)53-36(51)39(19-20-39)54-45-30(32(47)43-31-33(48)46-21-24(29(41)35(49)50)23-56(52)34(31)46)28-22-55-37(42-28)44-40(25-13-7-4-8-14-25,26-15-9-5-10-16-26)27-17-11-6-12-18-27/h4-18,21-22,29,31,34H,19-20,23H2,1-3H3,(H,42,44)(H,43,47)(H,49,50)/b45-30-/t29?,31?,34-,56?/m0/s1. The second-order valence-corrected chi connectivity index (χ2v) is 18.2. The molecule has 3 heterocycles. The highest BCUT2D eigenvalue weighted by Crippen LogP contribution is 2.43. The van der Waals surface area contributed by atoms with Gasteiger partial charge >= 0.3 is 11.9 Å². The van der Waals surface area contributed by atoms with Crippen LogP contribution in [0, 0.1) is 0 Å². The smallest absolute Gasteiger partial charge is 0.353 e. The maximum Gasteiger partial charge on any atom is 0.353 e. The van der Waals surface area contributed by atoms with Gasteiger partial charge in [-0.3, -0.25) is 19.3 Å². The van der Waals surface area contributed by atoms with E-state index in [1.165, 1.54) is 22.4 Å². The van der Waals surface area contributed by atoms with E-state index in [4.69, 9.17) is 14.6 Å². The lowest BCUT2D eigenvalue weighted by atomic mass is 9.77. The second-order valence-electron chi connectivity index (χ2n) is 14.6. The quantitative estimate of drug-likeness (QED) is 0.0232. The number of benzene rings is 3. The van der Waals surface area contributed by atoms with Crippen molar-refractivity contribution in [2.24, 2.45) is 5.16 Å². The molecule has 1 aromatic heterocycles. The van der Waals surface area contributed by atoms with Crippen molar-refractivity contribution >= 4 is 79.7 Å². The SMILES string of the molecule is CC(C)(C)OC(=O)C1(O/N=C(\C(=O)NC2C(=O)N3C=C(C(I)C(=O)O)C[S+]([O-])[C@@H]23)c2csc(NC(c3ccccc3)(c3ccccc3)c3ccccc3)n2)CC1. The molecule has 16 heteroatoms. The van der Waals surface area contributed by atoms with Gasteiger partial charge in [-0.1, -0.05) is 119 Å². The van der Waals surface area contributed by atoms with E-state index < -0.39 is 67.0 Å². The second kappa shape index (κ2) is 15.6. The molecule has 4 aromatic rings. The number of carboxylic acids is 1. The number of β-lactam (4-membered cyclic amide) rings is 1. The van der Waals surface area contributed by atoms with Gasteiger partial charge in [0.1, 0.15) is 26.5 Å². The van der Waals surface area contributed by atoms with Crippen LogP contribution in [0.1, 0.15) is 56.0 Å². The van der Waals surface area contributed by atoms with Gasteiger partial charge in [0.25, 0.3) is 11.8 Å². The Morgan fingerprint density at radius 1 is 1.00 bits per heavy atom. The Hall–Kier alpha value is -4.78. The van der Waals surface area contributed by atoms with E-state index in [1.807, 2.05) is 91.0 Å². The third-order valence-corrected chi connectivity index (χ3v) is 13.2. The fraction of sp³-hybridized carbons (Fsp3) is 0.300. The molecule has 56 heavy (non-hydrogen) atoms. The summed E-state index contributed by atoms with van der Waals surface area (Å²) in [6.45, 7) is 5.21. The van der Waals surface area contributed by atoms with Crippen LogP contribution in [-0.2, 0) is 45.5 Å². The molecule has 13 nitrogen and oxygen atoms in total. The number of halogens is 1. The Labute approximate surface area is 343 Å². The fourth-order valence-corrected chi connectivity index (χ4v) is 9.62. The topological polar surface area (TPSA) is 183 Å². The molecule has 0 bridgehead atoms. The summed E-state index contributed by atoms with van der Waals surface area (Å²) in [4.78, 5) is 64.1. The lowest BCUT2D eigenvalue weighted by Gasteiger charge is -2.47. The molecule has 3 aromatic carbocycles. The number of hydrogen-bond donors (Lipinski definition) is 3. The van der Waals surface area contributed by atoms with Crippen LogP contribution < -0.4 is 10.6 Å². The zero-order valence-electron chi connectivity index (χ0n) is 30.5. The van der Waals surface area contributed by atoms with Gasteiger partial charge in [-0.05, 0) is 48.6 Å². The Morgan fingerprint density at radius 2 is 1.55 bits per heavy atom. The first-order valence-corrected chi connectivity index (χ1v) is 21.2. The Bertz CT molecular complexity index is 2090. The number of nitrogens with one attached hydrogen (secondary N) is 2. The number of aromatic nitrogens is 1. The lowest BCUT2D eigenvalue weighted by Crippen LogP contribution is -2.73. The lowest BCUT2D eigenvalue weighted by molar-refractivity contribution is -0.172. The maximum atomic E-state index is 14.2. The molecule has 4 atom stereocenters. The van der Waals surface area contributed by atoms with Crippen molar-refractivity contribution in [2.75, 3.05) is 11.1 Å². The number of carbonyl (C=O) groups is 4. The van der Waals surface area contributed by atoms with E-state index >= 15 is 0 Å². The molecule has 2 aliphatic heterocycles. The number of hydrogen-bond acceptors (Lipinski definition) is 11. The number of esters is 1. The Balaban J connectivity index is 1.23. The molecule has 3 N–H and O–H groups in total. The molecule has 0 spiro atoms. The third kappa shape index (κ3) is 7.79. The molecule has 2 amide bonds. The summed E-state index contributed by atoms with van der Waals surface area (Å²) in [5, 5.41) is 21.2. The highest BCUT2D eigenvalue weighted by molar-refractivity contribution is 14.1. The summed E-state index contributed by atoms with van der Waals surface area (Å²) >= 11 is 1.23. The van der Waals surface area contributed by atoms with Crippen molar-refractivity contribution in [3.8, 4) is 0 Å². The number of nitrogens with zero attached hydrogens (tertiary/aromatic N) is 3. The summed E-state index contributed by atoms with van der Waals surface area (Å²) in [7, 11) is 0. The minimum absolute atomic E-state index is 0.0731. The number of carbonyl (C=O) groups excluding carboxylic acids is 3. The van der Waals surface area contributed by atoms with Crippen molar-refractivity contribution in [3.05, 3.63) is 131 Å². The van der Waals surface area contributed by atoms with Crippen LogP contribution in [0.3, 0.4) is 0 Å². The zero-order chi connectivity index (χ0) is 39.8. The predicted octanol–water partition coefficient (Wildman–Crippen LogP) is 5.33. The van der Waals surface area contributed by atoms with Gasteiger partial charge in [-0.25, -0.2) is 9.78 Å². The average Bonchev–Trinajstić information content (AvgIpc) is 3.85. The Kier molecular flexibility index (Phi) is 11.0. The Morgan fingerprint density at radius 3 is 2.05 bits per heavy atom. The predicted molar refractivity (Wildman–Crippen MR) is 219 cm³/mol. The van der Waals surface area contributed by atoms with E-state index in [2.05, 4.69) is 15.8 Å². The van der Waals surface area contributed by atoms with E-state index in [0.717, 1.165) is 16.7 Å². The number of thiazole rings is 1. The number of aliphatic carboxylic acids is 1. The fourth-order valence-electron chi connectivity index (χ4n) is 6.54. The summed E-state index contributed by atoms with van der Waals surface area (Å²) in [5.74, 6) is -3.21. The summed E-state index contributed by atoms with van der Waals surface area (Å²) in [6.07, 6.45) is 2.03. The minimum Gasteiger partial charge on any atom is -0.614 e. The molecule has 1 aliphatic carbocycles. The van der Waals surface area contributed by atoms with Gasteiger partial charge in [-0.2, -0.15) is 0 Å². The number of carboxylic acid groups (broad SMARTS) is 1. The van der Waals surface area contributed by atoms with Crippen LogP contribution in [-0.4, -0.2) is 81.3 Å². The molecule has 290 valence electrons. The number of alkyl halides is 1. The largest absolute Gasteiger partial charge is 0.614 e. The molecular formula is C40H38IN5O8S2. The zero-order valence-corrected chi connectivity index (χ0v) is 34.3. The first-order chi connectivity index (χ1) is 26.7. The molecular weight excluding hydrogens is 870 g/mol. The van der Waals surface area contributed by atoms with Gasteiger partial charge in [0.05, 0.1) is 0 Å².